The van der Waals surface area contributed by atoms with Gasteiger partial charge in [0.25, 0.3) is 0 Å². The summed E-state index contributed by atoms with van der Waals surface area (Å²) in [7, 11) is 0. The number of hydrogen-bond acceptors (Lipinski definition) is 7. The number of amides is 2. The van der Waals surface area contributed by atoms with Gasteiger partial charge in [0.05, 0.1) is 29.4 Å². The lowest BCUT2D eigenvalue weighted by Gasteiger charge is -2.18. The summed E-state index contributed by atoms with van der Waals surface area (Å²) in [6.45, 7) is 3.73. The third-order valence-electron chi connectivity index (χ3n) is 4.93. The van der Waals surface area contributed by atoms with Crippen molar-refractivity contribution in [1.29, 1.82) is 0 Å². The summed E-state index contributed by atoms with van der Waals surface area (Å²) in [6.07, 6.45) is 2.91. The number of anilines is 3. The van der Waals surface area contributed by atoms with Crippen LogP contribution in [-0.2, 0) is 4.74 Å². The summed E-state index contributed by atoms with van der Waals surface area (Å²) in [5, 5.41) is 6.56. The number of halogens is 2. The highest BCUT2D eigenvalue weighted by atomic mass is 35.5. The van der Waals surface area contributed by atoms with Gasteiger partial charge < -0.3 is 20.1 Å². The number of carbonyl (C=O) groups is 1. The van der Waals surface area contributed by atoms with E-state index in [9.17, 15) is 9.18 Å². The van der Waals surface area contributed by atoms with Crippen LogP contribution in [0.25, 0.3) is 10.9 Å². The molecule has 1 fully saturated rings. The van der Waals surface area contributed by atoms with Crippen molar-refractivity contribution in [2.24, 2.45) is 0 Å². The Hall–Kier alpha value is -3.21. The number of rotatable bonds is 8. The van der Waals surface area contributed by atoms with Crippen LogP contribution in [0.15, 0.2) is 36.7 Å². The van der Waals surface area contributed by atoms with Gasteiger partial charge in [0.1, 0.15) is 29.8 Å². The molecule has 1 aliphatic heterocycles. The van der Waals surface area contributed by atoms with E-state index in [1.165, 1.54) is 18.5 Å². The molecular weight excluding hydrogens is 451 g/mol. The number of hydrogen-bond donors (Lipinski definition) is 4. The average Bonchev–Trinajstić information content (AvgIpc) is 3.30. The molecule has 1 aromatic heterocycles. The molecule has 0 aliphatic carbocycles. The van der Waals surface area contributed by atoms with Gasteiger partial charge in [0, 0.05) is 30.1 Å². The molecule has 33 heavy (non-hydrogen) atoms. The van der Waals surface area contributed by atoms with Crippen molar-refractivity contribution in [3.05, 3.63) is 47.5 Å². The number of benzene rings is 2. The summed E-state index contributed by atoms with van der Waals surface area (Å²) in [4.78, 5) is 21.0. The minimum atomic E-state index is -0.512. The van der Waals surface area contributed by atoms with Crippen LogP contribution in [0, 0.1) is 5.82 Å². The monoisotopic (exact) mass is 474 g/mol. The number of aromatic nitrogens is 2. The Morgan fingerprint density at radius 3 is 2.94 bits per heavy atom. The second kappa shape index (κ2) is 10.6. The van der Waals surface area contributed by atoms with Crippen molar-refractivity contribution in [1.82, 2.24) is 20.8 Å². The molecule has 4 rings (SSSR count). The fraction of sp³-hybridized carbons (Fsp3) is 0.318. The van der Waals surface area contributed by atoms with Gasteiger partial charge in [-0.15, -0.1) is 0 Å². The maximum Gasteiger partial charge on any atom is 0.333 e. The lowest BCUT2D eigenvalue weighted by Crippen LogP contribution is -2.40. The Morgan fingerprint density at radius 2 is 2.18 bits per heavy atom. The van der Waals surface area contributed by atoms with Crippen LogP contribution < -0.4 is 26.2 Å². The summed E-state index contributed by atoms with van der Waals surface area (Å²) < 4.78 is 25.0. The van der Waals surface area contributed by atoms with Crippen LogP contribution in [0.2, 0.25) is 5.02 Å². The maximum atomic E-state index is 13.5. The third kappa shape index (κ3) is 5.78. The number of hydrazine groups is 1. The molecular formula is C22H24ClFN6O3. The first-order valence-electron chi connectivity index (χ1n) is 10.6. The van der Waals surface area contributed by atoms with Gasteiger partial charge >= 0.3 is 6.03 Å². The largest absolute Gasteiger partial charge is 0.486 e. The topological polar surface area (TPSA) is 109 Å². The molecule has 2 heterocycles. The summed E-state index contributed by atoms with van der Waals surface area (Å²) >= 11 is 5.90. The van der Waals surface area contributed by atoms with Crippen molar-refractivity contribution in [2.75, 3.05) is 30.4 Å². The molecule has 3 aromatic rings. The average molecular weight is 475 g/mol. The van der Waals surface area contributed by atoms with Crippen molar-refractivity contribution in [3.63, 3.8) is 0 Å². The Morgan fingerprint density at radius 1 is 1.30 bits per heavy atom. The molecule has 1 saturated heterocycles. The highest BCUT2D eigenvalue weighted by molar-refractivity contribution is 6.31. The van der Waals surface area contributed by atoms with E-state index in [0.29, 0.717) is 53.6 Å². The Labute approximate surface area is 195 Å². The van der Waals surface area contributed by atoms with Crippen LogP contribution in [0.1, 0.15) is 19.8 Å². The highest BCUT2D eigenvalue weighted by Crippen LogP contribution is 2.35. The van der Waals surface area contributed by atoms with E-state index in [1.54, 1.807) is 18.2 Å². The third-order valence-corrected chi connectivity index (χ3v) is 5.22. The Bertz CT molecular complexity index is 1140. The number of nitrogens with zero attached hydrogens (tertiary/aromatic N) is 2. The maximum absolute atomic E-state index is 13.5. The number of nitrogens with one attached hydrogen (secondary N) is 4. The second-order valence-electron chi connectivity index (χ2n) is 7.45. The molecule has 0 bridgehead atoms. The van der Waals surface area contributed by atoms with E-state index in [-0.39, 0.29) is 11.1 Å². The lowest BCUT2D eigenvalue weighted by atomic mass is 10.1. The van der Waals surface area contributed by atoms with Crippen molar-refractivity contribution in [3.8, 4) is 5.75 Å². The summed E-state index contributed by atoms with van der Waals surface area (Å²) in [6, 6.07) is 7.32. The van der Waals surface area contributed by atoms with Crippen LogP contribution in [0.3, 0.4) is 0 Å². The highest BCUT2D eigenvalue weighted by Gasteiger charge is 2.21. The number of carbonyl (C=O) groups excluding carboxylic acids is 1. The molecule has 0 saturated carbocycles. The molecule has 2 aromatic carbocycles. The predicted molar refractivity (Wildman–Crippen MR) is 125 cm³/mol. The van der Waals surface area contributed by atoms with Gasteiger partial charge in [-0.05, 0) is 30.7 Å². The minimum Gasteiger partial charge on any atom is -0.486 e. The molecule has 1 aliphatic rings. The quantitative estimate of drug-likeness (QED) is 0.283. The zero-order valence-electron chi connectivity index (χ0n) is 18.0. The fourth-order valence-electron chi connectivity index (χ4n) is 3.30. The Balaban J connectivity index is 1.67. The molecule has 2 amide bonds. The fourth-order valence-corrected chi connectivity index (χ4v) is 3.48. The predicted octanol–water partition coefficient (Wildman–Crippen LogP) is 4.37. The minimum absolute atomic E-state index is 0.00793. The van der Waals surface area contributed by atoms with Gasteiger partial charge in [0.15, 0.2) is 0 Å². The van der Waals surface area contributed by atoms with Gasteiger partial charge in [-0.1, -0.05) is 18.5 Å². The van der Waals surface area contributed by atoms with Crippen LogP contribution >= 0.6 is 11.6 Å². The van der Waals surface area contributed by atoms with E-state index in [0.717, 1.165) is 12.8 Å². The second-order valence-corrected chi connectivity index (χ2v) is 7.86. The summed E-state index contributed by atoms with van der Waals surface area (Å²) in [5.74, 6) is 0.422. The Kier molecular flexibility index (Phi) is 7.38. The molecule has 0 radical (unpaired) electrons. The molecule has 11 heteroatoms. The van der Waals surface area contributed by atoms with E-state index in [4.69, 9.17) is 21.1 Å². The standard InChI is InChI=1S/C22H24ClFN6O3/c1-2-6-27-30-22(31)29-19-9-15-18(10-20(19)33-14-5-7-32-11-14)25-12-26-21(15)28-13-3-4-17(24)16(23)8-13/h3-4,8-10,12,14,27H,2,5-7,11H2,1H3,(H,25,26,28)(H2,29,30,31). The first kappa shape index (κ1) is 23.0. The number of urea groups is 1. The first-order chi connectivity index (χ1) is 16.0. The number of fused-ring (bicyclic) bond motifs is 1. The van der Waals surface area contributed by atoms with Gasteiger partial charge in [-0.25, -0.2) is 24.6 Å². The van der Waals surface area contributed by atoms with Crippen LogP contribution in [0.4, 0.5) is 26.4 Å². The van der Waals surface area contributed by atoms with Gasteiger partial charge in [-0.2, -0.15) is 0 Å². The van der Waals surface area contributed by atoms with Crippen molar-refractivity contribution < 1.29 is 18.7 Å². The van der Waals surface area contributed by atoms with E-state index < -0.39 is 11.8 Å². The smallest absolute Gasteiger partial charge is 0.333 e. The molecule has 1 unspecified atom stereocenters. The van der Waals surface area contributed by atoms with Crippen molar-refractivity contribution >= 4 is 45.7 Å². The van der Waals surface area contributed by atoms with E-state index in [2.05, 4.69) is 31.5 Å². The van der Waals surface area contributed by atoms with Gasteiger partial charge in [-0.3, -0.25) is 5.43 Å². The first-order valence-corrected chi connectivity index (χ1v) is 11.0. The van der Waals surface area contributed by atoms with E-state index >= 15 is 0 Å². The molecule has 0 spiro atoms. The van der Waals surface area contributed by atoms with Crippen LogP contribution in [0.5, 0.6) is 5.75 Å². The molecule has 1 atom stereocenters. The normalized spacial score (nSPS) is 15.4. The molecule has 9 nitrogen and oxygen atoms in total. The lowest BCUT2D eigenvalue weighted by molar-refractivity contribution is 0.142. The SMILES string of the molecule is CCCNNC(=O)Nc1cc2c(Nc3ccc(F)c(Cl)c3)ncnc2cc1OC1CCOC1. The number of ether oxygens (including phenoxy) is 2. The molecule has 174 valence electrons. The zero-order valence-corrected chi connectivity index (χ0v) is 18.7. The molecule has 4 N–H and O–H groups in total. The zero-order chi connectivity index (χ0) is 23.2. The van der Waals surface area contributed by atoms with Crippen LogP contribution in [-0.4, -0.2) is 41.9 Å². The van der Waals surface area contributed by atoms with Gasteiger partial charge in [0.2, 0.25) is 0 Å². The van der Waals surface area contributed by atoms with E-state index in [1.807, 2.05) is 6.92 Å². The summed E-state index contributed by atoms with van der Waals surface area (Å²) in [5.41, 5.74) is 7.03. The van der Waals surface area contributed by atoms with Crippen molar-refractivity contribution in [2.45, 2.75) is 25.9 Å².